The van der Waals surface area contributed by atoms with Crippen LogP contribution in [0.1, 0.15) is 80.2 Å². The summed E-state index contributed by atoms with van der Waals surface area (Å²) in [6, 6.07) is 2.66. The predicted molar refractivity (Wildman–Crippen MR) is 87.8 cm³/mol. The van der Waals surface area contributed by atoms with Gasteiger partial charge in [0.2, 0.25) is 0 Å². The lowest BCUT2D eigenvalue weighted by atomic mass is 9.95. The lowest BCUT2D eigenvalue weighted by molar-refractivity contribution is 0.0951. The van der Waals surface area contributed by atoms with E-state index in [1.165, 1.54) is 37.8 Å². The molecule has 0 aromatic carbocycles. The Bertz CT molecular complexity index is 482. The Labute approximate surface area is 129 Å². The molecule has 0 bridgehead atoms. The number of aromatic nitrogens is 1. The van der Waals surface area contributed by atoms with Gasteiger partial charge in [-0.1, -0.05) is 33.1 Å². The SMILES string of the molecule is Cc1cc(C(=O)NCCC(C)C)c(C)n1C1CCCCC1. The summed E-state index contributed by atoms with van der Waals surface area (Å²) in [6.07, 6.45) is 7.54. The zero-order valence-electron chi connectivity index (χ0n) is 14.0. The average molecular weight is 290 g/mol. The summed E-state index contributed by atoms with van der Waals surface area (Å²) >= 11 is 0. The van der Waals surface area contributed by atoms with Gasteiger partial charge in [0.15, 0.2) is 0 Å². The van der Waals surface area contributed by atoms with Crippen molar-refractivity contribution >= 4 is 5.91 Å². The van der Waals surface area contributed by atoms with E-state index in [4.69, 9.17) is 0 Å². The number of aryl methyl sites for hydroxylation is 1. The first-order valence-electron chi connectivity index (χ1n) is 8.47. The lowest BCUT2D eigenvalue weighted by Gasteiger charge is -2.26. The molecule has 1 N–H and O–H groups in total. The molecule has 1 heterocycles. The predicted octanol–water partition coefficient (Wildman–Crippen LogP) is 4.39. The maximum atomic E-state index is 12.4. The van der Waals surface area contributed by atoms with Crippen LogP contribution in [-0.4, -0.2) is 17.0 Å². The molecule has 0 aliphatic heterocycles. The minimum Gasteiger partial charge on any atom is -0.352 e. The molecule has 1 aliphatic rings. The van der Waals surface area contributed by atoms with Gasteiger partial charge < -0.3 is 9.88 Å². The molecule has 2 rings (SSSR count). The highest BCUT2D eigenvalue weighted by Gasteiger charge is 2.22. The third kappa shape index (κ3) is 3.90. The van der Waals surface area contributed by atoms with Crippen molar-refractivity contribution in [1.82, 2.24) is 9.88 Å². The van der Waals surface area contributed by atoms with Crippen LogP contribution in [0, 0.1) is 19.8 Å². The van der Waals surface area contributed by atoms with Gasteiger partial charge in [0.25, 0.3) is 5.91 Å². The normalized spacial score (nSPS) is 16.4. The summed E-state index contributed by atoms with van der Waals surface area (Å²) in [6.45, 7) is 9.36. The molecule has 0 radical (unpaired) electrons. The summed E-state index contributed by atoms with van der Waals surface area (Å²) in [5.74, 6) is 0.714. The second kappa shape index (κ2) is 7.15. The van der Waals surface area contributed by atoms with Crippen LogP contribution in [0.3, 0.4) is 0 Å². The van der Waals surface area contributed by atoms with E-state index in [1.54, 1.807) is 0 Å². The number of hydrogen-bond donors (Lipinski definition) is 1. The van der Waals surface area contributed by atoms with Gasteiger partial charge in [-0.15, -0.1) is 0 Å². The van der Waals surface area contributed by atoms with Crippen molar-refractivity contribution in [3.8, 4) is 0 Å². The molecule has 1 saturated carbocycles. The highest BCUT2D eigenvalue weighted by atomic mass is 16.1. The smallest absolute Gasteiger partial charge is 0.253 e. The Morgan fingerprint density at radius 1 is 1.29 bits per heavy atom. The van der Waals surface area contributed by atoms with Crippen LogP contribution in [0.4, 0.5) is 0 Å². The molecule has 1 aliphatic carbocycles. The van der Waals surface area contributed by atoms with E-state index in [1.807, 2.05) is 0 Å². The van der Waals surface area contributed by atoms with Crippen molar-refractivity contribution < 1.29 is 4.79 Å². The number of nitrogens with zero attached hydrogens (tertiary/aromatic N) is 1. The maximum absolute atomic E-state index is 12.4. The van der Waals surface area contributed by atoms with E-state index >= 15 is 0 Å². The number of nitrogens with one attached hydrogen (secondary N) is 1. The van der Waals surface area contributed by atoms with E-state index in [-0.39, 0.29) is 5.91 Å². The first-order chi connectivity index (χ1) is 10.0. The van der Waals surface area contributed by atoms with Gasteiger partial charge in [-0.2, -0.15) is 0 Å². The first kappa shape index (κ1) is 16.1. The molecule has 0 atom stereocenters. The van der Waals surface area contributed by atoms with Crippen LogP contribution < -0.4 is 5.32 Å². The molecule has 21 heavy (non-hydrogen) atoms. The van der Waals surface area contributed by atoms with Crippen LogP contribution in [0.25, 0.3) is 0 Å². The molecule has 118 valence electrons. The van der Waals surface area contributed by atoms with Gasteiger partial charge in [0.05, 0.1) is 5.56 Å². The summed E-state index contributed by atoms with van der Waals surface area (Å²) < 4.78 is 2.40. The minimum absolute atomic E-state index is 0.0887. The Balaban J connectivity index is 2.08. The standard InChI is InChI=1S/C18H30N2O/c1-13(2)10-11-19-18(21)17-12-14(3)20(15(17)4)16-8-6-5-7-9-16/h12-13,16H,5-11H2,1-4H3,(H,19,21). The molecule has 3 nitrogen and oxygen atoms in total. The van der Waals surface area contributed by atoms with Crippen molar-refractivity contribution in [2.24, 2.45) is 5.92 Å². The molecule has 3 heteroatoms. The van der Waals surface area contributed by atoms with E-state index in [2.05, 4.69) is 43.6 Å². The van der Waals surface area contributed by atoms with Gasteiger partial charge in [0, 0.05) is 24.0 Å². The Morgan fingerprint density at radius 2 is 1.95 bits per heavy atom. The Morgan fingerprint density at radius 3 is 2.57 bits per heavy atom. The highest BCUT2D eigenvalue weighted by Crippen LogP contribution is 2.32. The van der Waals surface area contributed by atoms with Gasteiger partial charge in [-0.25, -0.2) is 0 Å². The van der Waals surface area contributed by atoms with E-state index in [0.29, 0.717) is 12.0 Å². The van der Waals surface area contributed by atoms with Crippen LogP contribution >= 0.6 is 0 Å². The number of amides is 1. The second-order valence-electron chi connectivity index (χ2n) is 6.89. The molecular formula is C18H30N2O. The van der Waals surface area contributed by atoms with Crippen molar-refractivity contribution in [2.75, 3.05) is 6.54 Å². The fraction of sp³-hybridized carbons (Fsp3) is 0.722. The summed E-state index contributed by atoms with van der Waals surface area (Å²) in [4.78, 5) is 12.4. The molecule has 0 unspecified atom stereocenters. The van der Waals surface area contributed by atoms with E-state index in [0.717, 1.165) is 24.2 Å². The van der Waals surface area contributed by atoms with Crippen LogP contribution in [-0.2, 0) is 0 Å². The maximum Gasteiger partial charge on any atom is 0.253 e. The molecule has 0 spiro atoms. The minimum atomic E-state index is 0.0887. The fourth-order valence-corrected chi connectivity index (χ4v) is 3.48. The van der Waals surface area contributed by atoms with Crippen molar-refractivity contribution in [2.45, 2.75) is 72.3 Å². The topological polar surface area (TPSA) is 34.0 Å². The number of rotatable bonds is 5. The Hall–Kier alpha value is -1.25. The molecule has 1 aromatic rings. The van der Waals surface area contributed by atoms with Gasteiger partial charge >= 0.3 is 0 Å². The summed E-state index contributed by atoms with van der Waals surface area (Å²) in [5, 5.41) is 3.06. The van der Waals surface area contributed by atoms with Crippen molar-refractivity contribution in [1.29, 1.82) is 0 Å². The molecule has 1 aromatic heterocycles. The molecule has 1 fully saturated rings. The third-order valence-corrected chi connectivity index (χ3v) is 4.68. The first-order valence-corrected chi connectivity index (χ1v) is 8.47. The molecular weight excluding hydrogens is 260 g/mol. The average Bonchev–Trinajstić information content (AvgIpc) is 2.74. The van der Waals surface area contributed by atoms with Gasteiger partial charge in [0.1, 0.15) is 0 Å². The second-order valence-corrected chi connectivity index (χ2v) is 6.89. The van der Waals surface area contributed by atoms with Crippen LogP contribution in [0.2, 0.25) is 0 Å². The zero-order chi connectivity index (χ0) is 15.4. The number of hydrogen-bond acceptors (Lipinski definition) is 1. The van der Waals surface area contributed by atoms with Crippen LogP contribution in [0.5, 0.6) is 0 Å². The summed E-state index contributed by atoms with van der Waals surface area (Å²) in [5.41, 5.74) is 3.23. The van der Waals surface area contributed by atoms with Crippen molar-refractivity contribution in [3.05, 3.63) is 23.0 Å². The summed E-state index contributed by atoms with van der Waals surface area (Å²) in [7, 11) is 0. The van der Waals surface area contributed by atoms with Gasteiger partial charge in [-0.05, 0) is 45.1 Å². The molecule has 0 saturated heterocycles. The molecule has 1 amide bonds. The number of carbonyl (C=O) groups excluding carboxylic acids is 1. The third-order valence-electron chi connectivity index (χ3n) is 4.68. The van der Waals surface area contributed by atoms with Crippen LogP contribution in [0.15, 0.2) is 6.07 Å². The lowest BCUT2D eigenvalue weighted by Crippen LogP contribution is -2.26. The number of carbonyl (C=O) groups is 1. The van der Waals surface area contributed by atoms with E-state index in [9.17, 15) is 4.79 Å². The highest BCUT2D eigenvalue weighted by molar-refractivity contribution is 5.95. The monoisotopic (exact) mass is 290 g/mol. The van der Waals surface area contributed by atoms with Gasteiger partial charge in [-0.3, -0.25) is 4.79 Å². The Kier molecular flexibility index (Phi) is 5.49. The van der Waals surface area contributed by atoms with E-state index < -0.39 is 0 Å². The zero-order valence-corrected chi connectivity index (χ0v) is 14.0. The van der Waals surface area contributed by atoms with Crippen molar-refractivity contribution in [3.63, 3.8) is 0 Å². The largest absolute Gasteiger partial charge is 0.352 e. The fourth-order valence-electron chi connectivity index (χ4n) is 3.48. The quantitative estimate of drug-likeness (QED) is 0.857.